The van der Waals surface area contributed by atoms with Crippen molar-refractivity contribution in [2.75, 3.05) is 6.61 Å². The summed E-state index contributed by atoms with van der Waals surface area (Å²) in [5.41, 5.74) is 1.20. The normalized spacial score (nSPS) is 33.2. The Hall–Kier alpha value is -0.620. The van der Waals surface area contributed by atoms with E-state index in [1.54, 1.807) is 0 Å². The van der Waals surface area contributed by atoms with Crippen molar-refractivity contribution in [2.45, 2.75) is 29.5 Å². The molecule has 3 rings (SSSR count). The molecule has 0 bridgehead atoms. The summed E-state index contributed by atoms with van der Waals surface area (Å²) in [5, 5.41) is 0. The first kappa shape index (κ1) is 13.4. The van der Waals surface area contributed by atoms with Gasteiger partial charge < -0.3 is 9.47 Å². The van der Waals surface area contributed by atoms with Gasteiger partial charge in [-0.05, 0) is 17.9 Å². The van der Waals surface area contributed by atoms with Crippen LogP contribution >= 0.6 is 22.6 Å². The first-order valence-corrected chi connectivity index (χ1v) is 7.94. The minimum absolute atomic E-state index is 0.0376. The predicted molar refractivity (Wildman–Crippen MR) is 80.0 cm³/mol. The van der Waals surface area contributed by atoms with Crippen LogP contribution in [0, 0.1) is 11.8 Å². The fraction of sp³-hybridized carbons (Fsp3) is 0.533. The highest BCUT2D eigenvalue weighted by Crippen LogP contribution is 2.44. The van der Waals surface area contributed by atoms with Crippen LogP contribution in [0.1, 0.15) is 18.4 Å². The van der Waals surface area contributed by atoms with Crippen LogP contribution < -0.4 is 0 Å². The highest BCUT2D eigenvalue weighted by atomic mass is 127. The molecular formula is C15H17IO3. The van der Waals surface area contributed by atoms with Gasteiger partial charge in [-0.1, -0.05) is 52.9 Å². The number of carbonyl (C=O) groups is 1. The maximum atomic E-state index is 11.4. The van der Waals surface area contributed by atoms with Gasteiger partial charge in [0.05, 0.1) is 19.6 Å². The van der Waals surface area contributed by atoms with E-state index in [2.05, 4.69) is 34.7 Å². The van der Waals surface area contributed by atoms with Crippen molar-refractivity contribution in [1.82, 2.24) is 0 Å². The largest absolute Gasteiger partial charge is 0.461 e. The number of hydrogen-bond acceptors (Lipinski definition) is 3. The molecule has 0 aromatic heterocycles. The molecule has 1 aromatic rings. The lowest BCUT2D eigenvalue weighted by atomic mass is 9.94. The molecule has 19 heavy (non-hydrogen) atoms. The Morgan fingerprint density at radius 3 is 2.89 bits per heavy atom. The molecule has 3 nitrogen and oxygen atoms in total. The van der Waals surface area contributed by atoms with E-state index >= 15 is 0 Å². The van der Waals surface area contributed by atoms with Crippen LogP contribution in [0.5, 0.6) is 0 Å². The molecule has 1 aliphatic heterocycles. The zero-order chi connectivity index (χ0) is 13.2. The van der Waals surface area contributed by atoms with Gasteiger partial charge in [-0.15, -0.1) is 0 Å². The van der Waals surface area contributed by atoms with Gasteiger partial charge >= 0.3 is 5.97 Å². The van der Waals surface area contributed by atoms with Crippen molar-refractivity contribution in [2.24, 2.45) is 11.8 Å². The summed E-state index contributed by atoms with van der Waals surface area (Å²) in [7, 11) is 0. The van der Waals surface area contributed by atoms with Crippen LogP contribution in [0.15, 0.2) is 30.3 Å². The van der Waals surface area contributed by atoms with Crippen molar-refractivity contribution in [1.29, 1.82) is 0 Å². The fourth-order valence-corrected chi connectivity index (χ4v) is 4.40. The summed E-state index contributed by atoms with van der Waals surface area (Å²) in [4.78, 5) is 11.4. The van der Waals surface area contributed by atoms with Crippen molar-refractivity contribution < 1.29 is 14.3 Å². The predicted octanol–water partition coefficient (Wildman–Crippen LogP) is 2.96. The number of alkyl halides is 1. The minimum atomic E-state index is -0.0376. The highest BCUT2D eigenvalue weighted by Gasteiger charge is 2.49. The molecule has 1 saturated carbocycles. The van der Waals surface area contributed by atoms with Gasteiger partial charge in [-0.25, -0.2) is 0 Å². The molecule has 1 aliphatic carbocycles. The zero-order valence-electron chi connectivity index (χ0n) is 10.6. The summed E-state index contributed by atoms with van der Waals surface area (Å²) in [6.45, 7) is 1.38. The molecule has 4 atom stereocenters. The Morgan fingerprint density at radius 1 is 1.32 bits per heavy atom. The lowest BCUT2D eigenvalue weighted by Crippen LogP contribution is -2.20. The number of halogens is 1. The quantitative estimate of drug-likeness (QED) is 0.463. The lowest BCUT2D eigenvalue weighted by molar-refractivity contribution is -0.141. The monoisotopic (exact) mass is 372 g/mol. The SMILES string of the molecule is O=C1C[C@@H]2[C@H](COCc3ccccc3)C[C@@H](I)[C@@H]2O1. The first-order valence-electron chi connectivity index (χ1n) is 6.69. The Kier molecular flexibility index (Phi) is 4.07. The molecule has 0 spiro atoms. The third-order valence-electron chi connectivity index (χ3n) is 4.03. The average molecular weight is 372 g/mol. The van der Waals surface area contributed by atoms with Crippen LogP contribution in [0.4, 0.5) is 0 Å². The van der Waals surface area contributed by atoms with Crippen molar-refractivity contribution in [3.8, 4) is 0 Å². The Bertz CT molecular complexity index is 448. The number of esters is 1. The van der Waals surface area contributed by atoms with Crippen molar-refractivity contribution in [3.05, 3.63) is 35.9 Å². The van der Waals surface area contributed by atoms with Crippen LogP contribution in [0.25, 0.3) is 0 Å². The first-order chi connectivity index (χ1) is 9.24. The standard InChI is InChI=1S/C15H17IO3/c16-13-6-11(12-7-14(17)19-15(12)13)9-18-8-10-4-2-1-3-5-10/h1-5,11-13,15H,6-9H2/t11-,12+,13+,15+/m0/s1. The lowest BCUT2D eigenvalue weighted by Gasteiger charge is -2.15. The van der Waals surface area contributed by atoms with E-state index in [1.807, 2.05) is 18.2 Å². The zero-order valence-corrected chi connectivity index (χ0v) is 12.8. The van der Waals surface area contributed by atoms with Crippen molar-refractivity contribution >= 4 is 28.6 Å². The van der Waals surface area contributed by atoms with Crippen LogP contribution in [-0.2, 0) is 20.9 Å². The molecule has 0 amide bonds. The third kappa shape index (κ3) is 2.94. The van der Waals surface area contributed by atoms with E-state index in [0.29, 0.717) is 28.8 Å². The second-order valence-electron chi connectivity index (χ2n) is 5.33. The number of ether oxygens (including phenoxy) is 2. The number of benzene rings is 1. The highest BCUT2D eigenvalue weighted by molar-refractivity contribution is 14.1. The van der Waals surface area contributed by atoms with Crippen LogP contribution in [0.3, 0.4) is 0 Å². The number of hydrogen-bond donors (Lipinski definition) is 0. The van der Waals surface area contributed by atoms with E-state index in [0.717, 1.165) is 13.0 Å². The smallest absolute Gasteiger partial charge is 0.306 e. The number of fused-ring (bicyclic) bond motifs is 1. The fourth-order valence-electron chi connectivity index (χ4n) is 3.07. The molecular weight excluding hydrogens is 355 g/mol. The minimum Gasteiger partial charge on any atom is -0.461 e. The second kappa shape index (κ2) is 5.79. The molecule has 102 valence electrons. The molecule has 4 heteroatoms. The number of rotatable bonds is 4. The van der Waals surface area contributed by atoms with Gasteiger partial charge in [0, 0.05) is 9.84 Å². The molecule has 0 unspecified atom stereocenters. The summed E-state index contributed by atoms with van der Waals surface area (Å²) < 4.78 is 11.7. The van der Waals surface area contributed by atoms with E-state index in [-0.39, 0.29) is 12.1 Å². The third-order valence-corrected chi connectivity index (χ3v) is 5.24. The molecule has 0 N–H and O–H groups in total. The maximum absolute atomic E-state index is 11.4. The van der Waals surface area contributed by atoms with Crippen LogP contribution in [0.2, 0.25) is 0 Å². The Morgan fingerprint density at radius 2 is 2.11 bits per heavy atom. The molecule has 0 radical (unpaired) electrons. The topological polar surface area (TPSA) is 35.5 Å². The molecule has 2 fully saturated rings. The average Bonchev–Trinajstić information content (AvgIpc) is 2.92. The summed E-state index contributed by atoms with van der Waals surface area (Å²) in [5.74, 6) is 0.789. The van der Waals surface area contributed by atoms with Gasteiger partial charge in [-0.2, -0.15) is 0 Å². The summed E-state index contributed by atoms with van der Waals surface area (Å²) >= 11 is 2.40. The van der Waals surface area contributed by atoms with Gasteiger partial charge in [0.2, 0.25) is 0 Å². The second-order valence-corrected chi connectivity index (χ2v) is 6.93. The Labute approximate surface area is 126 Å². The molecule has 1 saturated heterocycles. The molecule has 1 heterocycles. The van der Waals surface area contributed by atoms with E-state index in [9.17, 15) is 4.79 Å². The summed E-state index contributed by atoms with van der Waals surface area (Å²) in [6.07, 6.45) is 1.79. The Balaban J connectivity index is 1.52. The molecule has 2 aliphatic rings. The van der Waals surface area contributed by atoms with Gasteiger partial charge in [0.25, 0.3) is 0 Å². The van der Waals surface area contributed by atoms with Crippen molar-refractivity contribution in [3.63, 3.8) is 0 Å². The van der Waals surface area contributed by atoms with Gasteiger partial charge in [-0.3, -0.25) is 4.79 Å². The number of carbonyl (C=O) groups excluding carboxylic acids is 1. The van der Waals surface area contributed by atoms with E-state index in [4.69, 9.17) is 9.47 Å². The van der Waals surface area contributed by atoms with Gasteiger partial charge in [0.1, 0.15) is 6.10 Å². The van der Waals surface area contributed by atoms with E-state index < -0.39 is 0 Å². The van der Waals surface area contributed by atoms with E-state index in [1.165, 1.54) is 5.56 Å². The summed E-state index contributed by atoms with van der Waals surface area (Å²) in [6, 6.07) is 10.2. The maximum Gasteiger partial charge on any atom is 0.306 e. The van der Waals surface area contributed by atoms with Crippen LogP contribution in [-0.4, -0.2) is 22.6 Å². The van der Waals surface area contributed by atoms with Gasteiger partial charge in [0.15, 0.2) is 0 Å². The molecule has 1 aromatic carbocycles.